The van der Waals surface area contributed by atoms with Crippen molar-refractivity contribution in [1.29, 1.82) is 0 Å². The second-order valence-electron chi connectivity index (χ2n) is 5.40. The molecule has 2 heterocycles. The van der Waals surface area contributed by atoms with E-state index in [1.165, 1.54) is 0 Å². The molecule has 116 valence electrons. The van der Waals surface area contributed by atoms with Gasteiger partial charge in [-0.15, -0.1) is 0 Å². The second kappa shape index (κ2) is 5.82. The number of carbonyl (C=O) groups excluding carboxylic acids is 1. The summed E-state index contributed by atoms with van der Waals surface area (Å²) in [4.78, 5) is 18.1. The predicted molar refractivity (Wildman–Crippen MR) is 73.3 cm³/mol. The van der Waals surface area contributed by atoms with Gasteiger partial charge < -0.3 is 9.42 Å². The molecule has 2 aromatic rings. The van der Waals surface area contributed by atoms with E-state index in [4.69, 9.17) is 4.52 Å². The molecule has 0 radical (unpaired) electrons. The molecule has 0 spiro atoms. The minimum atomic E-state index is -0.750. The van der Waals surface area contributed by atoms with Crippen LogP contribution in [-0.2, 0) is 0 Å². The number of rotatable bonds is 2. The molecule has 0 aliphatic carbocycles. The van der Waals surface area contributed by atoms with E-state index in [1.54, 1.807) is 11.8 Å². The highest BCUT2D eigenvalue weighted by molar-refractivity contribution is 5.94. The zero-order chi connectivity index (χ0) is 15.7. The Hall–Kier alpha value is -2.31. The van der Waals surface area contributed by atoms with Crippen LogP contribution in [0.15, 0.2) is 22.7 Å². The number of likely N-dealkylation sites (tertiary alicyclic amines) is 1. The van der Waals surface area contributed by atoms with Gasteiger partial charge in [-0.2, -0.15) is 4.98 Å². The van der Waals surface area contributed by atoms with Gasteiger partial charge in [0.25, 0.3) is 5.91 Å². The van der Waals surface area contributed by atoms with Crippen LogP contribution < -0.4 is 0 Å². The highest BCUT2D eigenvalue weighted by Gasteiger charge is 2.28. The van der Waals surface area contributed by atoms with Gasteiger partial charge in [0, 0.05) is 30.6 Å². The fourth-order valence-electron chi connectivity index (χ4n) is 2.67. The number of amides is 1. The van der Waals surface area contributed by atoms with E-state index >= 15 is 0 Å². The SMILES string of the molecule is Cc1noc(C2CCN(C(=O)c3cc(F)cc(F)c3)CC2)n1. The molecule has 1 aromatic carbocycles. The Morgan fingerprint density at radius 2 is 1.86 bits per heavy atom. The molecule has 5 nitrogen and oxygen atoms in total. The quantitative estimate of drug-likeness (QED) is 0.856. The lowest BCUT2D eigenvalue weighted by Gasteiger charge is -2.30. The number of nitrogens with zero attached hydrogens (tertiary/aromatic N) is 3. The molecular weight excluding hydrogens is 292 g/mol. The van der Waals surface area contributed by atoms with Crippen LogP contribution in [0.25, 0.3) is 0 Å². The summed E-state index contributed by atoms with van der Waals surface area (Å²) in [6.45, 7) is 2.73. The Morgan fingerprint density at radius 3 is 2.41 bits per heavy atom. The summed E-state index contributed by atoms with van der Waals surface area (Å²) in [5, 5.41) is 3.76. The Labute approximate surface area is 125 Å². The summed E-state index contributed by atoms with van der Waals surface area (Å²) < 4.78 is 31.6. The van der Waals surface area contributed by atoms with Crippen LogP contribution in [0.3, 0.4) is 0 Å². The maximum absolute atomic E-state index is 13.2. The number of halogens is 2. The van der Waals surface area contributed by atoms with Crippen LogP contribution in [0.4, 0.5) is 8.78 Å². The standard InChI is InChI=1S/C15H15F2N3O2/c1-9-18-14(22-19-9)10-2-4-20(5-3-10)15(21)11-6-12(16)8-13(17)7-11/h6-8,10H,2-5H2,1H3. The number of aryl methyl sites for hydroxylation is 1. The first-order valence-electron chi connectivity index (χ1n) is 7.08. The number of hydrogen-bond acceptors (Lipinski definition) is 4. The lowest BCUT2D eigenvalue weighted by molar-refractivity contribution is 0.0703. The summed E-state index contributed by atoms with van der Waals surface area (Å²) >= 11 is 0. The van der Waals surface area contributed by atoms with Gasteiger partial charge in [0.2, 0.25) is 5.89 Å². The largest absolute Gasteiger partial charge is 0.339 e. The van der Waals surface area contributed by atoms with Crippen LogP contribution in [0.2, 0.25) is 0 Å². The average molecular weight is 307 g/mol. The van der Waals surface area contributed by atoms with Crippen molar-refractivity contribution in [2.45, 2.75) is 25.7 Å². The molecule has 1 saturated heterocycles. The Balaban J connectivity index is 1.67. The molecule has 0 saturated carbocycles. The first-order chi connectivity index (χ1) is 10.5. The zero-order valence-corrected chi connectivity index (χ0v) is 12.1. The third-order valence-corrected chi connectivity index (χ3v) is 3.78. The molecule has 1 aromatic heterocycles. The van der Waals surface area contributed by atoms with Gasteiger partial charge in [0.1, 0.15) is 11.6 Å². The van der Waals surface area contributed by atoms with E-state index in [2.05, 4.69) is 10.1 Å². The maximum Gasteiger partial charge on any atom is 0.254 e. The van der Waals surface area contributed by atoms with E-state index in [0.717, 1.165) is 18.2 Å². The highest BCUT2D eigenvalue weighted by Crippen LogP contribution is 2.27. The minimum Gasteiger partial charge on any atom is -0.339 e. The van der Waals surface area contributed by atoms with Gasteiger partial charge in [-0.1, -0.05) is 5.16 Å². The normalized spacial score (nSPS) is 16.0. The molecular formula is C15H15F2N3O2. The lowest BCUT2D eigenvalue weighted by atomic mass is 9.96. The predicted octanol–water partition coefficient (Wildman–Crippen LogP) is 2.68. The Morgan fingerprint density at radius 1 is 1.23 bits per heavy atom. The summed E-state index contributed by atoms with van der Waals surface area (Å²) in [5.41, 5.74) is 0.0320. The van der Waals surface area contributed by atoms with Crippen molar-refractivity contribution in [3.63, 3.8) is 0 Å². The molecule has 0 unspecified atom stereocenters. The first kappa shape index (κ1) is 14.6. The van der Waals surface area contributed by atoms with Gasteiger partial charge >= 0.3 is 0 Å². The number of piperidine rings is 1. The lowest BCUT2D eigenvalue weighted by Crippen LogP contribution is -2.38. The van der Waals surface area contributed by atoms with Crippen LogP contribution in [0, 0.1) is 18.6 Å². The zero-order valence-electron chi connectivity index (χ0n) is 12.1. The molecule has 7 heteroatoms. The molecule has 1 fully saturated rings. The molecule has 0 atom stereocenters. The van der Waals surface area contributed by atoms with Gasteiger partial charge in [-0.3, -0.25) is 4.79 Å². The highest BCUT2D eigenvalue weighted by atomic mass is 19.1. The number of hydrogen-bond donors (Lipinski definition) is 0. The van der Waals surface area contributed by atoms with Crippen molar-refractivity contribution < 1.29 is 18.1 Å². The van der Waals surface area contributed by atoms with E-state index in [-0.39, 0.29) is 17.4 Å². The van der Waals surface area contributed by atoms with Crippen molar-refractivity contribution in [2.75, 3.05) is 13.1 Å². The van der Waals surface area contributed by atoms with Crippen LogP contribution in [-0.4, -0.2) is 34.0 Å². The summed E-state index contributed by atoms with van der Waals surface area (Å²) in [5.74, 6) is -0.572. The molecule has 3 rings (SSSR count). The molecule has 0 N–H and O–H groups in total. The van der Waals surface area contributed by atoms with Gasteiger partial charge in [0.15, 0.2) is 5.82 Å². The van der Waals surface area contributed by atoms with Crippen LogP contribution >= 0.6 is 0 Å². The number of aromatic nitrogens is 2. The van der Waals surface area contributed by atoms with Crippen molar-refractivity contribution >= 4 is 5.91 Å². The molecule has 0 bridgehead atoms. The average Bonchev–Trinajstić information content (AvgIpc) is 2.92. The van der Waals surface area contributed by atoms with Crippen LogP contribution in [0.5, 0.6) is 0 Å². The minimum absolute atomic E-state index is 0.0320. The topological polar surface area (TPSA) is 59.2 Å². The van der Waals surface area contributed by atoms with Crippen molar-refractivity contribution in [2.24, 2.45) is 0 Å². The smallest absolute Gasteiger partial charge is 0.254 e. The third-order valence-electron chi connectivity index (χ3n) is 3.78. The van der Waals surface area contributed by atoms with E-state index in [9.17, 15) is 13.6 Å². The number of benzene rings is 1. The van der Waals surface area contributed by atoms with Crippen LogP contribution in [0.1, 0.15) is 40.8 Å². The van der Waals surface area contributed by atoms with Gasteiger partial charge in [-0.25, -0.2) is 8.78 Å². The van der Waals surface area contributed by atoms with E-state index in [0.29, 0.717) is 37.6 Å². The Bertz CT molecular complexity index is 674. The molecule has 22 heavy (non-hydrogen) atoms. The van der Waals surface area contributed by atoms with Crippen molar-refractivity contribution in [3.05, 3.63) is 47.1 Å². The number of carbonyl (C=O) groups is 1. The van der Waals surface area contributed by atoms with E-state index in [1.807, 2.05) is 0 Å². The van der Waals surface area contributed by atoms with Crippen molar-refractivity contribution in [1.82, 2.24) is 15.0 Å². The summed E-state index contributed by atoms with van der Waals surface area (Å²) in [6, 6.07) is 2.86. The molecule has 1 amide bonds. The second-order valence-corrected chi connectivity index (χ2v) is 5.40. The third kappa shape index (κ3) is 2.98. The Kier molecular flexibility index (Phi) is 3.87. The maximum atomic E-state index is 13.2. The fourth-order valence-corrected chi connectivity index (χ4v) is 2.67. The molecule has 1 aliphatic heterocycles. The van der Waals surface area contributed by atoms with Crippen molar-refractivity contribution in [3.8, 4) is 0 Å². The fraction of sp³-hybridized carbons (Fsp3) is 0.400. The van der Waals surface area contributed by atoms with E-state index < -0.39 is 11.6 Å². The monoisotopic (exact) mass is 307 g/mol. The van der Waals surface area contributed by atoms with Gasteiger partial charge in [-0.05, 0) is 31.9 Å². The van der Waals surface area contributed by atoms with Gasteiger partial charge in [0.05, 0.1) is 0 Å². The molecule has 1 aliphatic rings. The summed E-state index contributed by atoms with van der Waals surface area (Å²) in [7, 11) is 0. The first-order valence-corrected chi connectivity index (χ1v) is 7.08. The summed E-state index contributed by atoms with van der Waals surface area (Å²) in [6.07, 6.45) is 1.37.